The third kappa shape index (κ3) is 29.9. The van der Waals surface area contributed by atoms with E-state index < -0.39 is 36.7 Å². The van der Waals surface area contributed by atoms with Crippen LogP contribution in [0.25, 0.3) is 0 Å². The maximum absolute atomic E-state index is 12.6. The van der Waals surface area contributed by atoms with Crippen molar-refractivity contribution in [2.24, 2.45) is 0 Å². The molecule has 2 atom stereocenters. The molecular formula is C39H74O7. The number of unbranched alkanes of at least 4 members (excludes halogenated alkanes) is 27. The van der Waals surface area contributed by atoms with E-state index >= 15 is 0 Å². The fourth-order valence-corrected chi connectivity index (χ4v) is 5.91. The maximum Gasteiger partial charge on any atom is 0.355 e. The zero-order valence-corrected chi connectivity index (χ0v) is 30.2. The molecule has 0 spiro atoms. The Kier molecular flexibility index (Phi) is 33.7. The van der Waals surface area contributed by atoms with Crippen LogP contribution < -0.4 is 0 Å². The molecule has 7 heteroatoms. The van der Waals surface area contributed by atoms with Crippen molar-refractivity contribution in [1.29, 1.82) is 0 Å². The molecule has 272 valence electrons. The summed E-state index contributed by atoms with van der Waals surface area (Å²) in [4.78, 5) is 36.9. The Bertz CT molecular complexity index is 696. The number of carbonyl (C=O) groups is 3. The van der Waals surface area contributed by atoms with Crippen LogP contribution in [0.1, 0.15) is 213 Å². The average molecular weight is 655 g/mol. The van der Waals surface area contributed by atoms with Gasteiger partial charge in [-0.2, -0.15) is 0 Å². The maximum atomic E-state index is 12.6. The molecule has 0 heterocycles. The van der Waals surface area contributed by atoms with Gasteiger partial charge in [-0.15, -0.1) is 0 Å². The quantitative estimate of drug-likeness (QED) is 0.0397. The molecule has 0 bridgehead atoms. The molecule has 0 aliphatic carbocycles. The molecule has 0 amide bonds. The number of aliphatic hydroxyl groups excluding tert-OH is 2. The second-order valence-corrected chi connectivity index (χ2v) is 13.5. The first-order valence-corrected chi connectivity index (χ1v) is 19.7. The summed E-state index contributed by atoms with van der Waals surface area (Å²) in [7, 11) is 0. The molecule has 0 aromatic carbocycles. The van der Waals surface area contributed by atoms with Crippen LogP contribution in [-0.2, 0) is 23.9 Å². The van der Waals surface area contributed by atoms with Gasteiger partial charge in [-0.1, -0.05) is 187 Å². The molecule has 0 aliphatic heterocycles. The average Bonchev–Trinajstić information content (AvgIpc) is 3.05. The van der Waals surface area contributed by atoms with Crippen molar-refractivity contribution in [2.45, 2.75) is 225 Å². The summed E-state index contributed by atoms with van der Waals surface area (Å²) in [5, 5.41) is 18.4. The number of esters is 3. The van der Waals surface area contributed by atoms with Gasteiger partial charge in [0.25, 0.3) is 0 Å². The van der Waals surface area contributed by atoms with Gasteiger partial charge >= 0.3 is 17.9 Å². The molecule has 2 unspecified atom stereocenters. The van der Waals surface area contributed by atoms with E-state index in [9.17, 15) is 19.5 Å². The summed E-state index contributed by atoms with van der Waals surface area (Å²) in [6, 6.07) is 0. The highest BCUT2D eigenvalue weighted by atomic mass is 16.6. The lowest BCUT2D eigenvalue weighted by atomic mass is 10.0. The molecular weight excluding hydrogens is 580 g/mol. The van der Waals surface area contributed by atoms with E-state index in [0.717, 1.165) is 32.1 Å². The number of hydrogen-bond donors (Lipinski definition) is 2. The lowest BCUT2D eigenvalue weighted by Gasteiger charge is -2.17. The molecule has 2 N–H and O–H groups in total. The highest BCUT2D eigenvalue weighted by molar-refractivity contribution is 5.90. The lowest BCUT2D eigenvalue weighted by molar-refractivity contribution is -0.179. The van der Waals surface area contributed by atoms with Gasteiger partial charge in [0.05, 0.1) is 6.61 Å². The minimum absolute atomic E-state index is 0.230. The smallest absolute Gasteiger partial charge is 0.355 e. The fourth-order valence-electron chi connectivity index (χ4n) is 5.91. The Morgan fingerprint density at radius 1 is 0.478 bits per heavy atom. The molecule has 0 aromatic heterocycles. The lowest BCUT2D eigenvalue weighted by Crippen LogP contribution is -2.35. The molecule has 46 heavy (non-hydrogen) atoms. The van der Waals surface area contributed by atoms with Crippen LogP contribution in [0, 0.1) is 0 Å². The van der Waals surface area contributed by atoms with E-state index in [4.69, 9.17) is 14.6 Å². The van der Waals surface area contributed by atoms with Crippen LogP contribution in [0.15, 0.2) is 0 Å². The number of ether oxygens (including phenoxy) is 2. The van der Waals surface area contributed by atoms with E-state index in [1.807, 2.05) is 0 Å². The molecule has 0 aromatic rings. The molecule has 0 fully saturated rings. The van der Waals surface area contributed by atoms with Crippen molar-refractivity contribution < 1.29 is 34.1 Å². The van der Waals surface area contributed by atoms with Gasteiger partial charge in [0.15, 0.2) is 12.2 Å². The Morgan fingerprint density at radius 2 is 0.804 bits per heavy atom. The van der Waals surface area contributed by atoms with Gasteiger partial charge < -0.3 is 19.7 Å². The zero-order chi connectivity index (χ0) is 33.9. The Balaban J connectivity index is 4.09. The minimum atomic E-state index is -1.79. The predicted octanol–water partition coefficient (Wildman–Crippen LogP) is 10.5. The van der Waals surface area contributed by atoms with E-state index in [1.165, 1.54) is 141 Å². The Morgan fingerprint density at radius 3 is 1.15 bits per heavy atom. The van der Waals surface area contributed by atoms with Crippen molar-refractivity contribution in [2.75, 3.05) is 6.61 Å². The largest absolute Gasteiger partial charge is 0.450 e. The van der Waals surface area contributed by atoms with E-state index in [0.29, 0.717) is 12.8 Å². The third-order valence-electron chi connectivity index (χ3n) is 8.99. The first kappa shape index (κ1) is 44.5. The summed E-state index contributed by atoms with van der Waals surface area (Å²) in [5.74, 6) is -2.66. The SMILES string of the molecule is CCCCCCCCCCCCCCCCCC(=O)OC(CCCCCCCCCCCCCCCC)C(=O)OC(=O)C(O)CO. The number of hydrogen-bond acceptors (Lipinski definition) is 7. The van der Waals surface area contributed by atoms with Crippen molar-refractivity contribution in [1.82, 2.24) is 0 Å². The van der Waals surface area contributed by atoms with Crippen molar-refractivity contribution in [3.63, 3.8) is 0 Å². The number of rotatable bonds is 35. The molecule has 0 aliphatic rings. The number of carbonyl (C=O) groups excluding carboxylic acids is 3. The summed E-state index contributed by atoms with van der Waals surface area (Å²) < 4.78 is 10.2. The van der Waals surface area contributed by atoms with Crippen molar-refractivity contribution in [3.8, 4) is 0 Å². The molecule has 7 nitrogen and oxygen atoms in total. The van der Waals surface area contributed by atoms with Gasteiger partial charge in [0.1, 0.15) is 0 Å². The first-order valence-electron chi connectivity index (χ1n) is 19.7. The molecule has 0 rings (SSSR count). The minimum Gasteiger partial charge on any atom is -0.450 e. The number of aliphatic hydroxyl groups is 2. The standard InChI is InChI=1S/C39H74O7/c1-3-5-7-9-11-13-15-17-19-21-23-25-27-29-31-33-37(42)45-36(39(44)46-38(43)35(41)34-40)32-30-28-26-24-22-20-18-16-14-12-10-8-6-4-2/h35-36,40-41H,3-34H2,1-2H3. The predicted molar refractivity (Wildman–Crippen MR) is 189 cm³/mol. The summed E-state index contributed by atoms with van der Waals surface area (Å²) >= 11 is 0. The van der Waals surface area contributed by atoms with Crippen LogP contribution in [-0.4, -0.2) is 46.9 Å². The van der Waals surface area contributed by atoms with E-state index in [-0.39, 0.29) is 12.8 Å². The summed E-state index contributed by atoms with van der Waals surface area (Å²) in [6.45, 7) is 3.67. The normalized spacial score (nSPS) is 12.6. The Labute approximate surface area is 283 Å². The van der Waals surface area contributed by atoms with Gasteiger partial charge in [-0.25, -0.2) is 9.59 Å². The summed E-state index contributed by atoms with van der Waals surface area (Å²) in [5.41, 5.74) is 0. The third-order valence-corrected chi connectivity index (χ3v) is 8.99. The van der Waals surface area contributed by atoms with Gasteiger partial charge in [0.2, 0.25) is 0 Å². The first-order chi connectivity index (χ1) is 22.5. The molecule has 0 radical (unpaired) electrons. The zero-order valence-electron chi connectivity index (χ0n) is 30.2. The summed E-state index contributed by atoms with van der Waals surface area (Å²) in [6.07, 6.45) is 33.2. The van der Waals surface area contributed by atoms with Gasteiger partial charge in [0, 0.05) is 6.42 Å². The van der Waals surface area contributed by atoms with Crippen molar-refractivity contribution >= 4 is 17.9 Å². The molecule has 0 saturated carbocycles. The van der Waals surface area contributed by atoms with Gasteiger partial charge in [-0.3, -0.25) is 4.79 Å². The highest BCUT2D eigenvalue weighted by Gasteiger charge is 2.28. The topological polar surface area (TPSA) is 110 Å². The van der Waals surface area contributed by atoms with E-state index in [1.54, 1.807) is 0 Å². The highest BCUT2D eigenvalue weighted by Crippen LogP contribution is 2.17. The second kappa shape index (κ2) is 34.9. The van der Waals surface area contributed by atoms with Crippen LogP contribution in [0.4, 0.5) is 0 Å². The molecule has 0 saturated heterocycles. The van der Waals surface area contributed by atoms with Crippen LogP contribution in [0.3, 0.4) is 0 Å². The van der Waals surface area contributed by atoms with Crippen LogP contribution >= 0.6 is 0 Å². The van der Waals surface area contributed by atoms with Crippen LogP contribution in [0.5, 0.6) is 0 Å². The second-order valence-electron chi connectivity index (χ2n) is 13.5. The van der Waals surface area contributed by atoms with Crippen molar-refractivity contribution in [3.05, 3.63) is 0 Å². The monoisotopic (exact) mass is 655 g/mol. The fraction of sp³-hybridized carbons (Fsp3) is 0.923. The van der Waals surface area contributed by atoms with E-state index in [2.05, 4.69) is 13.8 Å². The van der Waals surface area contributed by atoms with Crippen LogP contribution in [0.2, 0.25) is 0 Å². The Hall–Kier alpha value is -1.47. The van der Waals surface area contributed by atoms with Gasteiger partial charge in [-0.05, 0) is 19.3 Å².